The monoisotopic (exact) mass is 230 g/mol. The van der Waals surface area contributed by atoms with E-state index < -0.39 is 18.1 Å². The van der Waals surface area contributed by atoms with Crippen molar-refractivity contribution in [3.05, 3.63) is 0 Å². The zero-order chi connectivity index (χ0) is 12.1. The molecule has 1 unspecified atom stereocenters. The standard InChI is InChI=1S/C10H18N2O4/c1-16-8(6-11)9(13)12-5-3-2-4-7(12)10(14)15/h7-8H,2-6,11H2,1H3,(H,14,15)/t7-,8?/m1/s1. The summed E-state index contributed by atoms with van der Waals surface area (Å²) in [4.78, 5) is 24.3. The maximum atomic E-state index is 11.9. The number of carboxylic acids is 1. The molecule has 1 amide bonds. The van der Waals surface area contributed by atoms with Gasteiger partial charge >= 0.3 is 5.97 Å². The normalized spacial score (nSPS) is 22.9. The number of amides is 1. The van der Waals surface area contributed by atoms with E-state index in [1.807, 2.05) is 0 Å². The molecule has 1 aliphatic heterocycles. The van der Waals surface area contributed by atoms with Gasteiger partial charge in [0, 0.05) is 20.2 Å². The lowest BCUT2D eigenvalue weighted by Gasteiger charge is -2.34. The van der Waals surface area contributed by atoms with Gasteiger partial charge in [-0.05, 0) is 19.3 Å². The van der Waals surface area contributed by atoms with E-state index in [0.29, 0.717) is 13.0 Å². The summed E-state index contributed by atoms with van der Waals surface area (Å²) in [7, 11) is 1.40. The summed E-state index contributed by atoms with van der Waals surface area (Å²) in [5, 5.41) is 9.02. The van der Waals surface area contributed by atoms with Gasteiger partial charge < -0.3 is 20.5 Å². The molecule has 1 heterocycles. The molecule has 0 spiro atoms. The molecule has 1 saturated heterocycles. The van der Waals surface area contributed by atoms with Crippen LogP contribution in [0, 0.1) is 0 Å². The summed E-state index contributed by atoms with van der Waals surface area (Å²) in [5.41, 5.74) is 5.39. The van der Waals surface area contributed by atoms with Crippen LogP contribution in [0.5, 0.6) is 0 Å². The van der Waals surface area contributed by atoms with E-state index in [9.17, 15) is 9.59 Å². The molecule has 0 aromatic carbocycles. The number of rotatable bonds is 4. The van der Waals surface area contributed by atoms with Crippen LogP contribution >= 0.6 is 0 Å². The largest absolute Gasteiger partial charge is 0.480 e. The zero-order valence-electron chi connectivity index (χ0n) is 9.39. The first-order valence-electron chi connectivity index (χ1n) is 5.38. The van der Waals surface area contributed by atoms with Crippen molar-refractivity contribution < 1.29 is 19.4 Å². The third-order valence-corrected chi connectivity index (χ3v) is 2.84. The van der Waals surface area contributed by atoms with Gasteiger partial charge in [0.1, 0.15) is 12.1 Å². The van der Waals surface area contributed by atoms with Crippen LogP contribution < -0.4 is 5.73 Å². The van der Waals surface area contributed by atoms with Crippen LogP contribution in [0.2, 0.25) is 0 Å². The van der Waals surface area contributed by atoms with Gasteiger partial charge in [0.25, 0.3) is 5.91 Å². The highest BCUT2D eigenvalue weighted by molar-refractivity contribution is 5.86. The second-order valence-corrected chi connectivity index (χ2v) is 3.84. The summed E-state index contributed by atoms with van der Waals surface area (Å²) in [6, 6.07) is -0.731. The summed E-state index contributed by atoms with van der Waals surface area (Å²) < 4.78 is 4.93. The minimum Gasteiger partial charge on any atom is -0.480 e. The zero-order valence-corrected chi connectivity index (χ0v) is 9.39. The molecule has 1 rings (SSSR count). The van der Waals surface area contributed by atoms with Crippen molar-refractivity contribution in [2.24, 2.45) is 5.73 Å². The molecule has 16 heavy (non-hydrogen) atoms. The first-order chi connectivity index (χ1) is 7.61. The molecule has 1 fully saturated rings. The van der Waals surface area contributed by atoms with E-state index in [-0.39, 0.29) is 12.5 Å². The number of nitrogens with two attached hydrogens (primary N) is 1. The summed E-state index contributed by atoms with van der Waals surface area (Å²) in [6.45, 7) is 0.536. The molecular formula is C10H18N2O4. The Bertz CT molecular complexity index is 266. The molecule has 0 aliphatic carbocycles. The molecule has 6 heteroatoms. The van der Waals surface area contributed by atoms with Crippen LogP contribution in [0.25, 0.3) is 0 Å². The molecule has 0 aromatic rings. The van der Waals surface area contributed by atoms with Crippen molar-refractivity contribution in [3.63, 3.8) is 0 Å². The predicted octanol–water partition coefficient (Wildman–Crippen LogP) is -0.574. The Morgan fingerprint density at radius 2 is 2.25 bits per heavy atom. The lowest BCUT2D eigenvalue weighted by molar-refractivity contribution is -0.156. The lowest BCUT2D eigenvalue weighted by atomic mass is 10.0. The van der Waals surface area contributed by atoms with Gasteiger partial charge in [-0.3, -0.25) is 4.79 Å². The number of aliphatic carboxylic acids is 1. The summed E-state index contributed by atoms with van der Waals surface area (Å²) in [6.07, 6.45) is 1.43. The van der Waals surface area contributed by atoms with Crippen LogP contribution in [0.15, 0.2) is 0 Å². The highest BCUT2D eigenvalue weighted by atomic mass is 16.5. The second kappa shape index (κ2) is 5.81. The van der Waals surface area contributed by atoms with Crippen molar-refractivity contribution >= 4 is 11.9 Å². The molecule has 6 nitrogen and oxygen atoms in total. The average molecular weight is 230 g/mol. The number of piperidine rings is 1. The lowest BCUT2D eigenvalue weighted by Crippen LogP contribution is -2.53. The van der Waals surface area contributed by atoms with E-state index in [2.05, 4.69) is 0 Å². The van der Waals surface area contributed by atoms with E-state index in [1.165, 1.54) is 12.0 Å². The number of hydrogen-bond acceptors (Lipinski definition) is 4. The van der Waals surface area contributed by atoms with E-state index in [4.69, 9.17) is 15.6 Å². The Balaban J connectivity index is 2.74. The maximum absolute atomic E-state index is 11.9. The van der Waals surface area contributed by atoms with Gasteiger partial charge in [0.2, 0.25) is 0 Å². The van der Waals surface area contributed by atoms with Crippen LogP contribution in [-0.4, -0.2) is 54.2 Å². The molecule has 0 saturated carbocycles. The summed E-state index contributed by atoms with van der Waals surface area (Å²) >= 11 is 0. The maximum Gasteiger partial charge on any atom is 0.326 e. The highest BCUT2D eigenvalue weighted by Crippen LogP contribution is 2.18. The van der Waals surface area contributed by atoms with E-state index >= 15 is 0 Å². The number of likely N-dealkylation sites (tertiary alicyclic amines) is 1. The predicted molar refractivity (Wildman–Crippen MR) is 56.8 cm³/mol. The van der Waals surface area contributed by atoms with Gasteiger partial charge in [-0.2, -0.15) is 0 Å². The van der Waals surface area contributed by atoms with Crippen LogP contribution in [0.3, 0.4) is 0 Å². The second-order valence-electron chi connectivity index (χ2n) is 3.84. The Kier molecular flexibility index (Phi) is 4.70. The van der Waals surface area contributed by atoms with Crippen LogP contribution in [0.1, 0.15) is 19.3 Å². The quantitative estimate of drug-likeness (QED) is 0.674. The third kappa shape index (κ3) is 2.70. The van der Waals surface area contributed by atoms with Crippen molar-refractivity contribution in [2.75, 3.05) is 20.2 Å². The fraction of sp³-hybridized carbons (Fsp3) is 0.800. The fourth-order valence-corrected chi connectivity index (χ4v) is 1.93. The topological polar surface area (TPSA) is 92.9 Å². The number of carbonyl (C=O) groups is 2. The highest BCUT2D eigenvalue weighted by Gasteiger charge is 2.34. The first-order valence-corrected chi connectivity index (χ1v) is 5.38. The third-order valence-electron chi connectivity index (χ3n) is 2.84. The molecule has 0 aromatic heterocycles. The molecule has 92 valence electrons. The minimum absolute atomic E-state index is 0.0676. The molecule has 0 bridgehead atoms. The van der Waals surface area contributed by atoms with Gasteiger partial charge in [-0.1, -0.05) is 0 Å². The molecular weight excluding hydrogens is 212 g/mol. The van der Waals surface area contributed by atoms with Gasteiger partial charge in [-0.15, -0.1) is 0 Å². The van der Waals surface area contributed by atoms with Crippen LogP contribution in [-0.2, 0) is 14.3 Å². The van der Waals surface area contributed by atoms with Crippen molar-refractivity contribution in [1.29, 1.82) is 0 Å². The van der Waals surface area contributed by atoms with E-state index in [1.54, 1.807) is 0 Å². The van der Waals surface area contributed by atoms with Gasteiger partial charge in [0.15, 0.2) is 0 Å². The number of nitrogens with zero attached hydrogens (tertiary/aromatic N) is 1. The smallest absolute Gasteiger partial charge is 0.326 e. The number of carboxylic acid groups (broad SMARTS) is 1. The Morgan fingerprint density at radius 3 is 2.75 bits per heavy atom. The fourth-order valence-electron chi connectivity index (χ4n) is 1.93. The summed E-state index contributed by atoms with van der Waals surface area (Å²) in [5.74, 6) is -1.28. The van der Waals surface area contributed by atoms with Gasteiger partial charge in [-0.25, -0.2) is 4.79 Å². The Hall–Kier alpha value is -1.14. The molecule has 1 aliphatic rings. The number of methoxy groups -OCH3 is 1. The van der Waals surface area contributed by atoms with Crippen molar-refractivity contribution in [3.8, 4) is 0 Å². The Labute approximate surface area is 94.3 Å². The van der Waals surface area contributed by atoms with E-state index in [0.717, 1.165) is 12.8 Å². The number of carbonyl (C=O) groups excluding carboxylic acids is 1. The van der Waals surface area contributed by atoms with Crippen molar-refractivity contribution in [2.45, 2.75) is 31.4 Å². The molecule has 2 atom stereocenters. The Morgan fingerprint density at radius 1 is 1.56 bits per heavy atom. The molecule has 3 N–H and O–H groups in total. The van der Waals surface area contributed by atoms with Crippen LogP contribution in [0.4, 0.5) is 0 Å². The van der Waals surface area contributed by atoms with Gasteiger partial charge in [0.05, 0.1) is 0 Å². The number of ether oxygens (including phenoxy) is 1. The first kappa shape index (κ1) is 12.9. The molecule has 0 radical (unpaired) electrons. The average Bonchev–Trinajstić information content (AvgIpc) is 2.30. The van der Waals surface area contributed by atoms with Crippen molar-refractivity contribution in [1.82, 2.24) is 4.90 Å². The SMILES string of the molecule is COC(CN)C(=O)N1CCCC[C@@H]1C(=O)O. The number of hydrogen-bond donors (Lipinski definition) is 2. The minimum atomic E-state index is -0.958.